The molecule has 0 aromatic rings. The Hall–Kier alpha value is -0.750. The third-order valence-corrected chi connectivity index (χ3v) is 5.45. The van der Waals surface area contributed by atoms with Gasteiger partial charge in [-0.1, -0.05) is 27.2 Å². The van der Waals surface area contributed by atoms with Gasteiger partial charge in [-0.2, -0.15) is 0 Å². The Morgan fingerprint density at radius 1 is 1.23 bits per heavy atom. The minimum absolute atomic E-state index is 0.0341. The molecule has 0 aromatic carbocycles. The Labute approximate surface area is 136 Å². The van der Waals surface area contributed by atoms with Gasteiger partial charge in [-0.05, 0) is 30.6 Å². The molecule has 1 aliphatic heterocycles. The molecule has 0 bridgehead atoms. The molecule has 0 spiro atoms. The fourth-order valence-electron chi connectivity index (χ4n) is 3.21. The van der Waals surface area contributed by atoms with Crippen LogP contribution in [0.3, 0.4) is 0 Å². The Kier molecular flexibility index (Phi) is 6.15. The molecule has 1 saturated heterocycles. The smallest absolute Gasteiger partial charge is 0.346 e. The summed E-state index contributed by atoms with van der Waals surface area (Å²) in [5.74, 6) is 1.21. The molecule has 1 aliphatic carbocycles. The molecule has 0 N–H and O–H groups in total. The highest BCUT2D eigenvalue weighted by Gasteiger charge is 2.39. The first-order chi connectivity index (χ1) is 10.4. The normalized spacial score (nSPS) is 35.4. The second-order valence-corrected chi connectivity index (χ2v) is 7.74. The number of esters is 2. The summed E-state index contributed by atoms with van der Waals surface area (Å²) in [6, 6.07) is 0. The molecule has 0 amide bonds. The van der Waals surface area contributed by atoms with Crippen molar-refractivity contribution >= 4 is 23.7 Å². The number of ether oxygens (including phenoxy) is 3. The summed E-state index contributed by atoms with van der Waals surface area (Å²) in [7, 11) is 0. The number of thioether (sulfide) groups is 1. The van der Waals surface area contributed by atoms with Crippen LogP contribution in [0.5, 0.6) is 0 Å². The van der Waals surface area contributed by atoms with Crippen molar-refractivity contribution in [3.63, 3.8) is 0 Å². The molecule has 6 heteroatoms. The van der Waals surface area contributed by atoms with Gasteiger partial charge in [-0.3, -0.25) is 4.79 Å². The van der Waals surface area contributed by atoms with Crippen LogP contribution in [0.15, 0.2) is 0 Å². The summed E-state index contributed by atoms with van der Waals surface area (Å²) in [4.78, 5) is 23.2. The first-order valence-corrected chi connectivity index (χ1v) is 9.06. The molecule has 0 aromatic heterocycles. The quantitative estimate of drug-likeness (QED) is 0.739. The van der Waals surface area contributed by atoms with Crippen molar-refractivity contribution in [2.45, 2.75) is 64.8 Å². The van der Waals surface area contributed by atoms with Gasteiger partial charge in [0.1, 0.15) is 6.10 Å². The topological polar surface area (TPSA) is 61.8 Å². The predicted molar refractivity (Wildman–Crippen MR) is 84.1 cm³/mol. The van der Waals surface area contributed by atoms with Gasteiger partial charge in [0.05, 0.1) is 5.75 Å². The number of rotatable bonds is 4. The number of carbonyl (C=O) groups is 2. The van der Waals surface area contributed by atoms with E-state index in [0.29, 0.717) is 23.5 Å². The van der Waals surface area contributed by atoms with Crippen molar-refractivity contribution in [1.82, 2.24) is 0 Å². The van der Waals surface area contributed by atoms with E-state index in [-0.39, 0.29) is 12.1 Å². The molecule has 0 radical (unpaired) electrons. The highest BCUT2D eigenvalue weighted by atomic mass is 32.2. The molecule has 2 fully saturated rings. The molecule has 5 atom stereocenters. The van der Waals surface area contributed by atoms with Gasteiger partial charge in [0, 0.05) is 6.92 Å². The zero-order chi connectivity index (χ0) is 16.3. The van der Waals surface area contributed by atoms with Crippen LogP contribution in [0.25, 0.3) is 0 Å². The van der Waals surface area contributed by atoms with Crippen molar-refractivity contribution in [3.05, 3.63) is 0 Å². The summed E-state index contributed by atoms with van der Waals surface area (Å²) in [5.41, 5.74) is -0.686. The van der Waals surface area contributed by atoms with Gasteiger partial charge in [0.15, 0.2) is 0 Å². The van der Waals surface area contributed by atoms with Crippen LogP contribution >= 0.6 is 11.8 Å². The van der Waals surface area contributed by atoms with Gasteiger partial charge in [0.2, 0.25) is 11.7 Å². The van der Waals surface area contributed by atoms with Crippen molar-refractivity contribution in [2.24, 2.45) is 17.8 Å². The Bertz CT molecular complexity index is 411. The second-order valence-electron chi connectivity index (χ2n) is 6.64. The Balaban J connectivity index is 1.88. The van der Waals surface area contributed by atoms with E-state index in [4.69, 9.17) is 14.2 Å². The number of hydrogen-bond acceptors (Lipinski definition) is 6. The van der Waals surface area contributed by atoms with Crippen molar-refractivity contribution < 1.29 is 23.8 Å². The van der Waals surface area contributed by atoms with Crippen LogP contribution in [0.1, 0.15) is 47.0 Å². The Morgan fingerprint density at radius 2 is 1.95 bits per heavy atom. The summed E-state index contributed by atoms with van der Waals surface area (Å²) < 4.78 is 16.2. The van der Waals surface area contributed by atoms with Gasteiger partial charge in [0.25, 0.3) is 0 Å². The molecular formula is C16H26O5S. The van der Waals surface area contributed by atoms with E-state index in [1.165, 1.54) is 25.1 Å². The average Bonchev–Trinajstić information content (AvgIpc) is 2.86. The highest BCUT2D eigenvalue weighted by molar-refractivity contribution is 8.00. The van der Waals surface area contributed by atoms with E-state index in [1.54, 1.807) is 0 Å². The minimum Gasteiger partial charge on any atom is -0.459 e. The van der Waals surface area contributed by atoms with E-state index in [0.717, 1.165) is 12.8 Å². The lowest BCUT2D eigenvalue weighted by Gasteiger charge is -2.37. The number of hydrogen-bond donors (Lipinski definition) is 0. The monoisotopic (exact) mass is 330 g/mol. The molecule has 0 unspecified atom stereocenters. The molecule has 1 heterocycles. The molecule has 126 valence electrons. The van der Waals surface area contributed by atoms with E-state index in [9.17, 15) is 9.59 Å². The van der Waals surface area contributed by atoms with Crippen LogP contribution in [0.4, 0.5) is 0 Å². The van der Waals surface area contributed by atoms with Crippen LogP contribution in [-0.2, 0) is 23.8 Å². The lowest BCUT2D eigenvalue weighted by Crippen LogP contribution is -2.38. The van der Waals surface area contributed by atoms with E-state index < -0.39 is 17.7 Å². The number of carbonyl (C=O) groups excluding carboxylic acids is 2. The maximum atomic E-state index is 12.3. The summed E-state index contributed by atoms with van der Waals surface area (Å²) in [6.07, 6.45) is 2.53. The first-order valence-electron chi connectivity index (χ1n) is 8.01. The maximum absolute atomic E-state index is 12.3. The lowest BCUT2D eigenvalue weighted by molar-refractivity contribution is -0.185. The molecule has 2 aliphatic rings. The molecule has 5 nitrogen and oxygen atoms in total. The predicted octanol–water partition coefficient (Wildman–Crippen LogP) is 2.97. The lowest BCUT2D eigenvalue weighted by atomic mass is 9.75. The largest absolute Gasteiger partial charge is 0.459 e. The van der Waals surface area contributed by atoms with Crippen molar-refractivity contribution in [1.29, 1.82) is 0 Å². The van der Waals surface area contributed by atoms with Crippen LogP contribution < -0.4 is 0 Å². The van der Waals surface area contributed by atoms with E-state index in [1.807, 2.05) is 0 Å². The van der Waals surface area contributed by atoms with Gasteiger partial charge < -0.3 is 14.2 Å². The standard InChI is InChI=1S/C16H26O5S/c1-9(2)12-6-5-10(3)7-13(12)20-15(18)16-21-14(8-22-16)19-11(4)17/h9-10,12-14,16H,5-8H2,1-4H3/t10-,12+,13-,14+,16-/m1/s1. The fourth-order valence-corrected chi connectivity index (χ4v) is 4.08. The molecular weight excluding hydrogens is 304 g/mol. The van der Waals surface area contributed by atoms with Gasteiger partial charge in [-0.25, -0.2) is 4.79 Å². The molecule has 2 rings (SSSR count). The third kappa shape index (κ3) is 4.62. The van der Waals surface area contributed by atoms with Crippen LogP contribution in [-0.4, -0.2) is 35.5 Å². The molecule has 1 saturated carbocycles. The SMILES string of the molecule is CC(=O)O[C@@H]1CS[C@H](C(=O)O[C@@H]2C[C@H](C)CC[C@H]2C(C)C)O1. The van der Waals surface area contributed by atoms with Crippen LogP contribution in [0.2, 0.25) is 0 Å². The summed E-state index contributed by atoms with van der Waals surface area (Å²) >= 11 is 1.33. The van der Waals surface area contributed by atoms with Crippen molar-refractivity contribution in [3.8, 4) is 0 Å². The van der Waals surface area contributed by atoms with E-state index >= 15 is 0 Å². The van der Waals surface area contributed by atoms with Gasteiger partial charge >= 0.3 is 11.9 Å². The van der Waals surface area contributed by atoms with Gasteiger partial charge in [-0.15, -0.1) is 11.8 Å². The fraction of sp³-hybridized carbons (Fsp3) is 0.875. The van der Waals surface area contributed by atoms with Crippen LogP contribution in [0, 0.1) is 17.8 Å². The zero-order valence-corrected chi connectivity index (χ0v) is 14.6. The summed E-state index contributed by atoms with van der Waals surface area (Å²) in [6.45, 7) is 7.89. The minimum atomic E-state index is -0.686. The third-order valence-electron chi connectivity index (χ3n) is 4.38. The second kappa shape index (κ2) is 7.68. The average molecular weight is 330 g/mol. The Morgan fingerprint density at radius 3 is 2.59 bits per heavy atom. The molecule has 22 heavy (non-hydrogen) atoms. The zero-order valence-electron chi connectivity index (χ0n) is 13.7. The van der Waals surface area contributed by atoms with Crippen molar-refractivity contribution in [2.75, 3.05) is 5.75 Å². The first kappa shape index (κ1) is 17.6. The van der Waals surface area contributed by atoms with E-state index in [2.05, 4.69) is 20.8 Å². The maximum Gasteiger partial charge on any atom is 0.346 e. The highest BCUT2D eigenvalue weighted by Crippen LogP contribution is 2.36. The summed E-state index contributed by atoms with van der Waals surface area (Å²) in [5, 5.41) is 0.